The van der Waals surface area contributed by atoms with E-state index >= 15 is 0 Å². The molecule has 0 aromatic rings. The van der Waals surface area contributed by atoms with Crippen LogP contribution in [0.4, 0.5) is 9.59 Å². The van der Waals surface area contributed by atoms with E-state index in [1.54, 1.807) is 55.4 Å². The molecule has 2 amide bonds. The summed E-state index contributed by atoms with van der Waals surface area (Å²) in [5.41, 5.74) is -1.04. The fourth-order valence-corrected chi connectivity index (χ4v) is 3.11. The fourth-order valence-electron chi connectivity index (χ4n) is 3.11. The molecule has 4 atom stereocenters. The minimum Gasteiger partial charge on any atom is -0.458 e. The van der Waals surface area contributed by atoms with Gasteiger partial charge in [0, 0.05) is 0 Å². The number of amides is 2. The molecular weight excluding hydrogens is 418 g/mol. The second-order valence-electron chi connectivity index (χ2n) is 10.2. The lowest BCUT2D eigenvalue weighted by atomic mass is 10.0. The maximum Gasteiger partial charge on any atom is 0.420 e. The third-order valence-corrected chi connectivity index (χ3v) is 4.41. The molecule has 32 heavy (non-hydrogen) atoms. The van der Waals surface area contributed by atoms with Gasteiger partial charge in [0.2, 0.25) is 0 Å². The maximum absolute atomic E-state index is 13.1. The van der Waals surface area contributed by atoms with Gasteiger partial charge in [0.05, 0.1) is 12.7 Å². The summed E-state index contributed by atoms with van der Waals surface area (Å²) in [6, 6.07) is -1.27. The molecule has 4 unspecified atom stereocenters. The molecule has 0 saturated carbocycles. The molecule has 0 aliphatic carbocycles. The fraction of sp³-hybridized carbons (Fsp3) is 0.783. The van der Waals surface area contributed by atoms with Gasteiger partial charge >= 0.3 is 18.2 Å². The number of carbonyl (C=O) groups excluding carboxylic acids is 3. The number of aliphatic hydroxyl groups excluding tert-OH is 1. The molecule has 1 aliphatic rings. The largest absolute Gasteiger partial charge is 0.458 e. The molecule has 1 saturated heterocycles. The Morgan fingerprint density at radius 3 is 2.03 bits per heavy atom. The summed E-state index contributed by atoms with van der Waals surface area (Å²) >= 11 is 0. The van der Waals surface area contributed by atoms with Crippen molar-refractivity contribution in [3.8, 4) is 0 Å². The Hall–Kier alpha value is -2.13. The lowest BCUT2D eigenvalue weighted by Crippen LogP contribution is -2.53. The van der Waals surface area contributed by atoms with Crippen LogP contribution < -0.4 is 0 Å². The Morgan fingerprint density at radius 1 is 1.09 bits per heavy atom. The Labute approximate surface area is 191 Å². The monoisotopic (exact) mass is 457 g/mol. The minimum absolute atomic E-state index is 0.0777. The molecule has 1 heterocycles. The van der Waals surface area contributed by atoms with Crippen LogP contribution in [0, 0.1) is 0 Å². The van der Waals surface area contributed by atoms with Gasteiger partial charge in [-0.15, -0.1) is 0 Å². The summed E-state index contributed by atoms with van der Waals surface area (Å²) < 4.78 is 22.0. The van der Waals surface area contributed by atoms with Crippen molar-refractivity contribution in [2.45, 2.75) is 110 Å². The lowest BCUT2D eigenvalue weighted by Gasteiger charge is -2.33. The van der Waals surface area contributed by atoms with Crippen molar-refractivity contribution in [2.24, 2.45) is 0 Å². The number of imide groups is 1. The Balaban J connectivity index is 3.22. The molecule has 1 rings (SSSR count). The van der Waals surface area contributed by atoms with E-state index in [-0.39, 0.29) is 19.4 Å². The number of hydrogen-bond donors (Lipinski definition) is 1. The molecule has 9 nitrogen and oxygen atoms in total. The van der Waals surface area contributed by atoms with Crippen molar-refractivity contribution < 1.29 is 38.4 Å². The van der Waals surface area contributed by atoms with Crippen molar-refractivity contribution in [2.75, 3.05) is 6.61 Å². The average Bonchev–Trinajstić information content (AvgIpc) is 2.60. The van der Waals surface area contributed by atoms with Gasteiger partial charge in [-0.25, -0.2) is 14.4 Å². The van der Waals surface area contributed by atoms with Crippen LogP contribution in [-0.4, -0.2) is 70.3 Å². The van der Waals surface area contributed by atoms with Gasteiger partial charge in [-0.2, -0.15) is 4.90 Å². The summed E-state index contributed by atoms with van der Waals surface area (Å²) in [5, 5.41) is 10.6. The zero-order chi connectivity index (χ0) is 24.9. The molecule has 0 bridgehead atoms. The van der Waals surface area contributed by atoms with E-state index in [0.717, 1.165) is 5.57 Å². The van der Waals surface area contributed by atoms with Gasteiger partial charge in [-0.05, 0) is 74.7 Å². The minimum atomic E-state index is -1.27. The molecule has 9 heteroatoms. The summed E-state index contributed by atoms with van der Waals surface area (Å²) in [6.07, 6.45) is -3.80. The number of cyclic esters (lactones) is 1. The van der Waals surface area contributed by atoms with Crippen LogP contribution in [0.15, 0.2) is 12.2 Å². The van der Waals surface area contributed by atoms with Crippen LogP contribution in [-0.2, 0) is 23.7 Å². The zero-order valence-electron chi connectivity index (χ0n) is 20.6. The lowest BCUT2D eigenvalue weighted by molar-refractivity contribution is -0.166. The highest BCUT2D eigenvalue weighted by atomic mass is 16.6. The number of carbonyl (C=O) groups is 3. The highest BCUT2D eigenvalue weighted by Gasteiger charge is 2.43. The molecule has 184 valence electrons. The van der Waals surface area contributed by atoms with Gasteiger partial charge < -0.3 is 24.1 Å². The molecule has 0 radical (unpaired) electrons. The second-order valence-corrected chi connectivity index (χ2v) is 10.2. The van der Waals surface area contributed by atoms with Gasteiger partial charge in [0.15, 0.2) is 0 Å². The van der Waals surface area contributed by atoms with Crippen molar-refractivity contribution in [1.29, 1.82) is 0 Å². The van der Waals surface area contributed by atoms with E-state index in [9.17, 15) is 19.5 Å². The number of rotatable bonds is 4. The van der Waals surface area contributed by atoms with Crippen LogP contribution in [0.3, 0.4) is 0 Å². The van der Waals surface area contributed by atoms with Crippen LogP contribution in [0.5, 0.6) is 0 Å². The molecule has 0 spiro atoms. The summed E-state index contributed by atoms with van der Waals surface area (Å²) in [6.45, 7) is 17.3. The van der Waals surface area contributed by atoms with Gasteiger partial charge in [-0.3, -0.25) is 0 Å². The van der Waals surface area contributed by atoms with Crippen molar-refractivity contribution in [1.82, 2.24) is 4.90 Å². The first-order valence-electron chi connectivity index (χ1n) is 10.9. The van der Waals surface area contributed by atoms with Gasteiger partial charge in [0.25, 0.3) is 0 Å². The van der Waals surface area contributed by atoms with Gasteiger partial charge in [-0.1, -0.05) is 12.2 Å². The highest BCUT2D eigenvalue weighted by Crippen LogP contribution is 2.25. The third-order valence-electron chi connectivity index (χ3n) is 4.41. The third kappa shape index (κ3) is 9.16. The second kappa shape index (κ2) is 11.1. The SMILES string of the molecule is C=C(C)COC1C(O)CCCC(N(C(=O)OC(C)(C)C)C(=O)OC(C)(C)C)C(=O)OC1C. The summed E-state index contributed by atoms with van der Waals surface area (Å²) in [5.74, 6) is -0.799. The predicted octanol–water partition coefficient (Wildman–Crippen LogP) is 3.97. The molecule has 1 aliphatic heterocycles. The summed E-state index contributed by atoms with van der Waals surface area (Å²) in [7, 11) is 0. The quantitative estimate of drug-likeness (QED) is 0.383. The van der Waals surface area contributed by atoms with Crippen LogP contribution in [0.1, 0.15) is 74.7 Å². The highest BCUT2D eigenvalue weighted by molar-refractivity contribution is 5.94. The smallest absolute Gasteiger partial charge is 0.420 e. The topological polar surface area (TPSA) is 112 Å². The number of aliphatic hydroxyl groups is 1. The maximum atomic E-state index is 13.1. The number of esters is 1. The Kier molecular flexibility index (Phi) is 9.71. The normalized spacial score (nSPS) is 25.0. The summed E-state index contributed by atoms with van der Waals surface area (Å²) in [4.78, 5) is 39.6. The first-order chi connectivity index (χ1) is 14.5. The van der Waals surface area contributed by atoms with E-state index in [1.807, 2.05) is 0 Å². The molecule has 0 aromatic carbocycles. The average molecular weight is 458 g/mol. The molecule has 0 aromatic heterocycles. The van der Waals surface area contributed by atoms with Crippen molar-refractivity contribution >= 4 is 18.2 Å². The Bertz CT molecular complexity index is 663. The zero-order valence-corrected chi connectivity index (χ0v) is 20.6. The first kappa shape index (κ1) is 27.9. The van der Waals surface area contributed by atoms with Crippen molar-refractivity contribution in [3.63, 3.8) is 0 Å². The van der Waals surface area contributed by atoms with Crippen LogP contribution in [0.2, 0.25) is 0 Å². The van der Waals surface area contributed by atoms with Crippen molar-refractivity contribution in [3.05, 3.63) is 12.2 Å². The van der Waals surface area contributed by atoms with E-state index in [0.29, 0.717) is 11.3 Å². The standard InChI is InChI=1S/C23H39NO8/c1-14(2)13-29-18-15(3)30-19(26)16(11-10-12-17(18)25)24(20(27)31-22(4,5)6)21(28)32-23(7,8)9/h15-18,25H,1,10-13H2,2-9H3. The van der Waals surface area contributed by atoms with Gasteiger partial charge in [0.1, 0.15) is 29.5 Å². The molecular formula is C23H39NO8. The molecule has 1 N–H and O–H groups in total. The first-order valence-corrected chi connectivity index (χ1v) is 10.9. The van der Waals surface area contributed by atoms with E-state index in [2.05, 4.69) is 6.58 Å². The van der Waals surface area contributed by atoms with E-state index < -0.39 is 53.7 Å². The number of nitrogens with zero attached hydrogens (tertiary/aromatic N) is 1. The molecule has 1 fully saturated rings. The number of ether oxygens (including phenoxy) is 4. The van der Waals surface area contributed by atoms with Crippen LogP contribution >= 0.6 is 0 Å². The number of hydrogen-bond acceptors (Lipinski definition) is 8. The Morgan fingerprint density at radius 2 is 1.59 bits per heavy atom. The predicted molar refractivity (Wildman–Crippen MR) is 118 cm³/mol. The van der Waals surface area contributed by atoms with E-state index in [4.69, 9.17) is 18.9 Å². The van der Waals surface area contributed by atoms with E-state index in [1.165, 1.54) is 0 Å². The van der Waals surface area contributed by atoms with Crippen LogP contribution in [0.25, 0.3) is 0 Å².